The van der Waals surface area contributed by atoms with Gasteiger partial charge in [0.1, 0.15) is 5.69 Å². The molecule has 0 unspecified atom stereocenters. The zero-order valence-electron chi connectivity index (χ0n) is 14.6. The fraction of sp³-hybridized carbons (Fsp3) is 0.400. The van der Waals surface area contributed by atoms with Crippen LogP contribution in [0.5, 0.6) is 0 Å². The highest BCUT2D eigenvalue weighted by molar-refractivity contribution is 5.92. The van der Waals surface area contributed by atoms with E-state index in [1.165, 1.54) is 24.0 Å². The van der Waals surface area contributed by atoms with Gasteiger partial charge in [-0.2, -0.15) is 0 Å². The normalized spacial score (nSPS) is 21.7. The molecule has 0 spiro atoms. The quantitative estimate of drug-likeness (QED) is 0.862. The average molecular weight is 394 g/mol. The number of carbonyl (C=O) groups is 1. The number of pyridine rings is 1. The van der Waals surface area contributed by atoms with E-state index in [9.17, 15) is 4.79 Å². The van der Waals surface area contributed by atoms with E-state index in [2.05, 4.69) is 23.2 Å². The zero-order chi connectivity index (χ0) is 16.5. The van der Waals surface area contributed by atoms with Crippen LogP contribution in [0.4, 0.5) is 0 Å². The molecule has 2 aromatic rings. The Labute approximate surface area is 167 Å². The van der Waals surface area contributed by atoms with E-state index in [0.717, 1.165) is 6.54 Å². The molecule has 4 rings (SSSR count). The monoisotopic (exact) mass is 393 g/mol. The second-order valence-corrected chi connectivity index (χ2v) is 6.97. The Hall–Kier alpha value is -1.62. The Morgan fingerprint density at radius 1 is 1.04 bits per heavy atom. The molecule has 6 heteroatoms. The number of halogens is 2. The third-order valence-electron chi connectivity index (χ3n) is 5.31. The molecule has 1 aromatic heterocycles. The van der Waals surface area contributed by atoms with Gasteiger partial charge >= 0.3 is 0 Å². The van der Waals surface area contributed by atoms with Gasteiger partial charge in [0, 0.05) is 25.2 Å². The summed E-state index contributed by atoms with van der Waals surface area (Å²) in [5.74, 6) is 1.31. The number of hydrogen-bond acceptors (Lipinski definition) is 3. The summed E-state index contributed by atoms with van der Waals surface area (Å²) in [6.07, 6.45) is 4.37. The van der Waals surface area contributed by atoms with Crippen LogP contribution in [-0.4, -0.2) is 35.4 Å². The molecular weight excluding hydrogens is 369 g/mol. The maximum Gasteiger partial charge on any atom is 0.272 e. The summed E-state index contributed by atoms with van der Waals surface area (Å²) >= 11 is 0. The Bertz CT molecular complexity index is 720. The van der Waals surface area contributed by atoms with Crippen molar-refractivity contribution in [2.75, 3.05) is 19.6 Å². The lowest BCUT2D eigenvalue weighted by molar-refractivity contribution is 0.0780. The maximum atomic E-state index is 12.8. The minimum atomic E-state index is 0. The van der Waals surface area contributed by atoms with Gasteiger partial charge in [0.2, 0.25) is 0 Å². The minimum absolute atomic E-state index is 0. The molecule has 1 saturated heterocycles. The summed E-state index contributed by atoms with van der Waals surface area (Å²) in [4.78, 5) is 19.1. The predicted molar refractivity (Wildman–Crippen MR) is 108 cm³/mol. The summed E-state index contributed by atoms with van der Waals surface area (Å²) in [6, 6.07) is 14.3. The van der Waals surface area contributed by atoms with Crippen molar-refractivity contribution in [1.29, 1.82) is 0 Å². The largest absolute Gasteiger partial charge is 0.336 e. The second-order valence-electron chi connectivity index (χ2n) is 6.97. The summed E-state index contributed by atoms with van der Waals surface area (Å²) in [5, 5.41) is 0. The Morgan fingerprint density at radius 2 is 1.77 bits per heavy atom. The van der Waals surface area contributed by atoms with Gasteiger partial charge in [0.25, 0.3) is 5.91 Å². The van der Waals surface area contributed by atoms with Crippen molar-refractivity contribution in [3.05, 3.63) is 65.5 Å². The van der Waals surface area contributed by atoms with Gasteiger partial charge in [0.05, 0.1) is 0 Å². The van der Waals surface area contributed by atoms with Crippen LogP contribution in [-0.2, 0) is 0 Å². The minimum Gasteiger partial charge on any atom is -0.336 e. The van der Waals surface area contributed by atoms with Gasteiger partial charge in [-0.25, -0.2) is 0 Å². The van der Waals surface area contributed by atoms with Crippen molar-refractivity contribution in [3.63, 3.8) is 0 Å². The Morgan fingerprint density at radius 3 is 2.35 bits per heavy atom. The number of nitrogens with two attached hydrogens (primary N) is 1. The fourth-order valence-corrected chi connectivity index (χ4v) is 3.71. The van der Waals surface area contributed by atoms with E-state index in [1.54, 1.807) is 0 Å². The molecule has 1 amide bonds. The number of carbonyl (C=O) groups excluding carboxylic acids is 1. The number of likely N-dealkylation sites (tertiary alicyclic amines) is 1. The zero-order valence-corrected chi connectivity index (χ0v) is 16.2. The number of benzene rings is 1. The molecule has 26 heavy (non-hydrogen) atoms. The van der Waals surface area contributed by atoms with Crippen LogP contribution in [0.25, 0.3) is 0 Å². The van der Waals surface area contributed by atoms with Crippen molar-refractivity contribution in [2.45, 2.75) is 24.7 Å². The number of hydrogen-bond donors (Lipinski definition) is 1. The smallest absolute Gasteiger partial charge is 0.272 e. The van der Waals surface area contributed by atoms with E-state index < -0.39 is 0 Å². The molecule has 0 radical (unpaired) electrons. The summed E-state index contributed by atoms with van der Waals surface area (Å²) < 4.78 is 0. The van der Waals surface area contributed by atoms with E-state index in [4.69, 9.17) is 5.73 Å². The fourth-order valence-electron chi connectivity index (χ4n) is 3.71. The van der Waals surface area contributed by atoms with Crippen LogP contribution < -0.4 is 5.73 Å². The van der Waals surface area contributed by atoms with Crippen LogP contribution in [0.3, 0.4) is 0 Å². The van der Waals surface area contributed by atoms with Crippen LogP contribution in [0.2, 0.25) is 0 Å². The first-order valence-electron chi connectivity index (χ1n) is 8.76. The topological polar surface area (TPSA) is 59.2 Å². The molecule has 1 aromatic carbocycles. The first-order valence-corrected chi connectivity index (χ1v) is 8.76. The third kappa shape index (κ3) is 4.20. The molecule has 2 fully saturated rings. The molecule has 4 nitrogen and oxygen atoms in total. The van der Waals surface area contributed by atoms with Crippen LogP contribution in [0.1, 0.15) is 46.3 Å². The summed E-state index contributed by atoms with van der Waals surface area (Å²) in [7, 11) is 0. The molecule has 1 aliphatic heterocycles. The maximum absolute atomic E-state index is 12.8. The molecule has 2 N–H and O–H groups in total. The van der Waals surface area contributed by atoms with E-state index in [-0.39, 0.29) is 30.7 Å². The number of aromatic nitrogens is 1. The van der Waals surface area contributed by atoms with Gasteiger partial charge in [-0.15, -0.1) is 24.8 Å². The summed E-state index contributed by atoms with van der Waals surface area (Å²) in [5.41, 5.74) is 9.04. The van der Waals surface area contributed by atoms with Crippen molar-refractivity contribution in [1.82, 2.24) is 9.88 Å². The highest BCUT2D eigenvalue weighted by Crippen LogP contribution is 2.39. The predicted octanol–water partition coefficient (Wildman–Crippen LogP) is 3.62. The van der Waals surface area contributed by atoms with Gasteiger partial charge in [-0.05, 0) is 48.4 Å². The third-order valence-corrected chi connectivity index (χ3v) is 5.31. The number of amides is 1. The van der Waals surface area contributed by atoms with Gasteiger partial charge in [-0.3, -0.25) is 9.78 Å². The van der Waals surface area contributed by atoms with Gasteiger partial charge < -0.3 is 10.6 Å². The molecule has 0 bridgehead atoms. The van der Waals surface area contributed by atoms with Crippen molar-refractivity contribution in [2.24, 2.45) is 11.7 Å². The number of rotatable bonds is 4. The SMILES string of the molecule is Cl.Cl.NC[C@@H]1CN(C(=O)c2ccc(C3CC3)cn2)C[C@H]1c1ccccc1. The molecule has 1 saturated carbocycles. The van der Waals surface area contributed by atoms with E-state index >= 15 is 0 Å². The summed E-state index contributed by atoms with van der Waals surface area (Å²) in [6.45, 7) is 2.02. The molecular formula is C20H25Cl2N3O. The van der Waals surface area contributed by atoms with Crippen molar-refractivity contribution in [3.8, 4) is 0 Å². The lowest BCUT2D eigenvalue weighted by atomic mass is 9.89. The van der Waals surface area contributed by atoms with Gasteiger partial charge in [-0.1, -0.05) is 36.4 Å². The highest BCUT2D eigenvalue weighted by atomic mass is 35.5. The van der Waals surface area contributed by atoms with Crippen molar-refractivity contribution >= 4 is 30.7 Å². The Kier molecular flexibility index (Phi) is 7.04. The van der Waals surface area contributed by atoms with Gasteiger partial charge in [0.15, 0.2) is 0 Å². The standard InChI is InChI=1S/C20H23N3O.2ClH/c21-10-17-12-23(13-18(17)15-4-2-1-3-5-15)20(24)19-9-8-16(11-22-19)14-6-7-14;;/h1-5,8-9,11,14,17-18H,6-7,10,12-13,21H2;2*1H/t17-,18+;;/m1../s1. The van der Waals surface area contributed by atoms with Crippen LogP contribution >= 0.6 is 24.8 Å². The van der Waals surface area contributed by atoms with Crippen LogP contribution in [0.15, 0.2) is 48.7 Å². The van der Waals surface area contributed by atoms with E-state index in [0.29, 0.717) is 36.5 Å². The molecule has 1 aliphatic carbocycles. The van der Waals surface area contributed by atoms with Crippen molar-refractivity contribution < 1.29 is 4.79 Å². The second kappa shape index (κ2) is 8.85. The molecule has 140 valence electrons. The Balaban J connectivity index is 0.00000121. The average Bonchev–Trinajstić information content (AvgIpc) is 3.40. The first-order chi connectivity index (χ1) is 11.8. The van der Waals surface area contributed by atoms with Crippen LogP contribution in [0, 0.1) is 5.92 Å². The van der Waals surface area contributed by atoms with E-state index in [1.807, 2.05) is 35.4 Å². The molecule has 2 heterocycles. The highest BCUT2D eigenvalue weighted by Gasteiger charge is 2.36. The lowest BCUT2D eigenvalue weighted by Crippen LogP contribution is -2.30. The first kappa shape index (κ1) is 20.7. The lowest BCUT2D eigenvalue weighted by Gasteiger charge is -2.16. The molecule has 2 aliphatic rings. The molecule has 2 atom stereocenters. The number of nitrogens with zero attached hydrogens (tertiary/aromatic N) is 2.